The highest BCUT2D eigenvalue weighted by atomic mass is 32.2. The van der Waals surface area contributed by atoms with E-state index in [1.54, 1.807) is 4.31 Å². The van der Waals surface area contributed by atoms with Crippen molar-refractivity contribution in [3.05, 3.63) is 0 Å². The minimum atomic E-state index is -3.04. The van der Waals surface area contributed by atoms with Crippen LogP contribution in [-0.2, 0) is 10.0 Å². The van der Waals surface area contributed by atoms with Gasteiger partial charge in [-0.3, -0.25) is 0 Å². The van der Waals surface area contributed by atoms with Gasteiger partial charge >= 0.3 is 0 Å². The molecule has 0 radical (unpaired) electrons. The van der Waals surface area contributed by atoms with E-state index < -0.39 is 10.0 Å². The van der Waals surface area contributed by atoms with Crippen LogP contribution in [0.2, 0.25) is 0 Å². The van der Waals surface area contributed by atoms with E-state index in [1.165, 1.54) is 0 Å². The first-order chi connectivity index (χ1) is 8.33. The minimum Gasteiger partial charge on any atom is -0.314 e. The molecule has 2 unspecified atom stereocenters. The first-order valence-electron chi connectivity index (χ1n) is 7.04. The lowest BCUT2D eigenvalue weighted by Gasteiger charge is -2.34. The van der Waals surface area contributed by atoms with E-state index in [2.05, 4.69) is 33.0 Å². The number of rotatable bonds is 6. The third kappa shape index (κ3) is 4.86. The monoisotopic (exact) mass is 276 g/mol. The molecular weight excluding hydrogens is 248 g/mol. The lowest BCUT2D eigenvalue weighted by Crippen LogP contribution is -2.43. The maximum Gasteiger partial charge on any atom is 0.214 e. The van der Waals surface area contributed by atoms with Gasteiger partial charge in [-0.25, -0.2) is 12.7 Å². The van der Waals surface area contributed by atoms with E-state index in [0.717, 1.165) is 13.0 Å². The maximum absolute atomic E-state index is 12.2. The molecular formula is C13H28N2O2S. The van der Waals surface area contributed by atoms with Gasteiger partial charge in [0.1, 0.15) is 0 Å². The summed E-state index contributed by atoms with van der Waals surface area (Å²) in [5.41, 5.74) is 0. The molecule has 0 aromatic rings. The molecule has 5 heteroatoms. The Balaban J connectivity index is 2.39. The molecule has 0 amide bonds. The van der Waals surface area contributed by atoms with Crippen molar-refractivity contribution in [2.24, 2.45) is 11.8 Å². The lowest BCUT2D eigenvalue weighted by molar-refractivity contribution is 0.212. The third-order valence-corrected chi connectivity index (χ3v) is 5.74. The van der Waals surface area contributed by atoms with Crippen molar-refractivity contribution >= 4 is 10.0 Å². The molecule has 0 saturated carbocycles. The zero-order chi connectivity index (χ0) is 13.8. The quantitative estimate of drug-likeness (QED) is 0.751. The molecule has 0 aromatic heterocycles. The highest BCUT2D eigenvalue weighted by Crippen LogP contribution is 2.24. The second-order valence-corrected chi connectivity index (χ2v) is 7.97. The summed E-state index contributed by atoms with van der Waals surface area (Å²) in [4.78, 5) is 0. The van der Waals surface area contributed by atoms with Crippen molar-refractivity contribution in [1.29, 1.82) is 0 Å². The predicted octanol–water partition coefficient (Wildman–Crippen LogP) is 1.68. The maximum atomic E-state index is 12.2. The molecule has 0 aliphatic carbocycles. The van der Waals surface area contributed by atoms with Crippen LogP contribution in [0, 0.1) is 11.8 Å². The van der Waals surface area contributed by atoms with Gasteiger partial charge in [-0.1, -0.05) is 27.7 Å². The van der Waals surface area contributed by atoms with Crippen LogP contribution >= 0.6 is 0 Å². The molecule has 1 heterocycles. The Labute approximate surface area is 112 Å². The highest BCUT2D eigenvalue weighted by molar-refractivity contribution is 7.89. The van der Waals surface area contributed by atoms with Crippen LogP contribution in [-0.4, -0.2) is 44.2 Å². The number of sulfonamides is 1. The molecule has 4 nitrogen and oxygen atoms in total. The summed E-state index contributed by atoms with van der Waals surface area (Å²) in [7, 11) is -3.04. The van der Waals surface area contributed by atoms with Crippen LogP contribution in [0.15, 0.2) is 0 Å². The fourth-order valence-corrected chi connectivity index (χ4v) is 3.86. The van der Waals surface area contributed by atoms with Gasteiger partial charge < -0.3 is 5.32 Å². The zero-order valence-corrected chi connectivity index (χ0v) is 13.0. The van der Waals surface area contributed by atoms with Crippen LogP contribution in [0.25, 0.3) is 0 Å². The fourth-order valence-electron chi connectivity index (χ4n) is 2.25. The highest BCUT2D eigenvalue weighted by Gasteiger charge is 2.29. The number of piperidine rings is 1. The van der Waals surface area contributed by atoms with Gasteiger partial charge in [-0.15, -0.1) is 0 Å². The van der Waals surface area contributed by atoms with Crippen molar-refractivity contribution in [3.8, 4) is 0 Å². The largest absolute Gasteiger partial charge is 0.314 e. The van der Waals surface area contributed by atoms with E-state index in [1.807, 2.05) is 0 Å². The van der Waals surface area contributed by atoms with Gasteiger partial charge in [-0.05, 0) is 31.2 Å². The van der Waals surface area contributed by atoms with Crippen LogP contribution in [0.1, 0.15) is 40.5 Å². The van der Waals surface area contributed by atoms with Gasteiger partial charge in [0.2, 0.25) is 10.0 Å². The second-order valence-electron chi connectivity index (χ2n) is 5.88. The minimum absolute atomic E-state index is 0.272. The third-order valence-electron chi connectivity index (χ3n) is 3.82. The summed E-state index contributed by atoms with van der Waals surface area (Å²) in [6.45, 7) is 10.7. The molecule has 0 aromatic carbocycles. The van der Waals surface area contributed by atoms with Gasteiger partial charge in [0.15, 0.2) is 0 Å². The summed E-state index contributed by atoms with van der Waals surface area (Å²) < 4.78 is 26.0. The summed E-state index contributed by atoms with van der Waals surface area (Å²) in [6.07, 6.45) is 1.69. The second kappa shape index (κ2) is 6.87. The van der Waals surface area contributed by atoms with E-state index in [4.69, 9.17) is 0 Å². The SMILES string of the molecule is CC(C)NCCCS(=O)(=O)N1CCC(C)C(C)C1. The average Bonchev–Trinajstić information content (AvgIpc) is 2.28. The smallest absolute Gasteiger partial charge is 0.214 e. The Morgan fingerprint density at radius 2 is 1.94 bits per heavy atom. The Hall–Kier alpha value is -0.130. The van der Waals surface area contributed by atoms with Crippen LogP contribution in [0.5, 0.6) is 0 Å². The predicted molar refractivity (Wildman–Crippen MR) is 76.1 cm³/mol. The number of nitrogens with one attached hydrogen (secondary N) is 1. The molecule has 2 atom stereocenters. The Kier molecular flexibility index (Phi) is 6.08. The van der Waals surface area contributed by atoms with Gasteiger partial charge in [0.25, 0.3) is 0 Å². The molecule has 108 valence electrons. The Morgan fingerprint density at radius 3 is 2.50 bits per heavy atom. The van der Waals surface area contributed by atoms with Gasteiger partial charge in [0.05, 0.1) is 5.75 Å². The number of nitrogens with zero attached hydrogens (tertiary/aromatic N) is 1. The van der Waals surface area contributed by atoms with E-state index in [0.29, 0.717) is 37.4 Å². The summed E-state index contributed by atoms with van der Waals surface area (Å²) in [6, 6.07) is 0.420. The molecule has 1 rings (SSSR count). The summed E-state index contributed by atoms with van der Waals surface area (Å²) in [5, 5.41) is 3.25. The van der Waals surface area contributed by atoms with E-state index in [9.17, 15) is 8.42 Å². The lowest BCUT2D eigenvalue weighted by atomic mass is 9.90. The molecule has 1 aliphatic rings. The average molecular weight is 276 g/mol. The van der Waals surface area contributed by atoms with E-state index in [-0.39, 0.29) is 5.75 Å². The molecule has 1 N–H and O–H groups in total. The zero-order valence-electron chi connectivity index (χ0n) is 12.1. The van der Waals surface area contributed by atoms with Crippen LogP contribution in [0.4, 0.5) is 0 Å². The van der Waals surface area contributed by atoms with Crippen molar-refractivity contribution in [3.63, 3.8) is 0 Å². The van der Waals surface area contributed by atoms with Gasteiger partial charge in [-0.2, -0.15) is 0 Å². The Bertz CT molecular complexity index is 341. The molecule has 1 fully saturated rings. The van der Waals surface area contributed by atoms with Crippen molar-refractivity contribution in [1.82, 2.24) is 9.62 Å². The number of hydrogen-bond acceptors (Lipinski definition) is 3. The summed E-state index contributed by atoms with van der Waals surface area (Å²) >= 11 is 0. The van der Waals surface area contributed by atoms with Crippen molar-refractivity contribution < 1.29 is 8.42 Å². The normalized spacial score (nSPS) is 26.7. The van der Waals surface area contributed by atoms with Crippen molar-refractivity contribution in [2.75, 3.05) is 25.4 Å². The first kappa shape index (κ1) is 15.9. The topological polar surface area (TPSA) is 49.4 Å². The van der Waals surface area contributed by atoms with E-state index >= 15 is 0 Å². The van der Waals surface area contributed by atoms with Gasteiger partial charge in [0, 0.05) is 19.1 Å². The molecule has 0 spiro atoms. The molecule has 1 saturated heterocycles. The Morgan fingerprint density at radius 1 is 1.28 bits per heavy atom. The molecule has 18 heavy (non-hydrogen) atoms. The molecule has 1 aliphatic heterocycles. The standard InChI is InChI=1S/C13H28N2O2S/c1-11(2)14-7-5-9-18(16,17)15-8-6-12(3)13(4)10-15/h11-14H,5-10H2,1-4H3. The van der Waals surface area contributed by atoms with Crippen LogP contribution in [0.3, 0.4) is 0 Å². The molecule has 0 bridgehead atoms. The van der Waals surface area contributed by atoms with Crippen molar-refractivity contribution in [2.45, 2.75) is 46.6 Å². The van der Waals surface area contributed by atoms with Crippen LogP contribution < -0.4 is 5.32 Å². The number of hydrogen-bond donors (Lipinski definition) is 1. The fraction of sp³-hybridized carbons (Fsp3) is 1.00. The first-order valence-corrected chi connectivity index (χ1v) is 8.65. The summed E-state index contributed by atoms with van der Waals surface area (Å²) in [5.74, 6) is 1.38.